The minimum atomic E-state index is -1.24. The summed E-state index contributed by atoms with van der Waals surface area (Å²) in [6, 6.07) is 0. The fourth-order valence-electron chi connectivity index (χ4n) is 1.57. The van der Waals surface area contributed by atoms with E-state index in [2.05, 4.69) is 31.1 Å². The lowest BCUT2D eigenvalue weighted by Gasteiger charge is -2.20. The van der Waals surface area contributed by atoms with Gasteiger partial charge in [-0.2, -0.15) is 0 Å². The molecule has 1 unspecified atom stereocenters. The van der Waals surface area contributed by atoms with E-state index in [1.807, 2.05) is 6.92 Å². The Morgan fingerprint density at radius 2 is 2.13 bits per heavy atom. The predicted octanol–water partition coefficient (Wildman–Crippen LogP) is 2.74. The Morgan fingerprint density at radius 3 is 2.60 bits per heavy atom. The third kappa shape index (κ3) is 4.52. The molecule has 0 saturated carbocycles. The van der Waals surface area contributed by atoms with Crippen LogP contribution in [0.2, 0.25) is 19.6 Å². The Morgan fingerprint density at radius 1 is 1.47 bits per heavy atom. The van der Waals surface area contributed by atoms with Gasteiger partial charge in [0.25, 0.3) is 0 Å². The molecule has 15 heavy (non-hydrogen) atoms. The van der Waals surface area contributed by atoms with Crippen LogP contribution in [0.4, 0.5) is 0 Å². The van der Waals surface area contributed by atoms with Crippen LogP contribution in [0, 0.1) is 11.5 Å². The van der Waals surface area contributed by atoms with Crippen molar-refractivity contribution in [1.29, 1.82) is 0 Å². The van der Waals surface area contributed by atoms with E-state index in [9.17, 15) is 4.79 Å². The van der Waals surface area contributed by atoms with Gasteiger partial charge in [-0.3, -0.25) is 4.79 Å². The molecule has 3 heteroatoms. The van der Waals surface area contributed by atoms with Crippen LogP contribution in [0.15, 0.2) is 0 Å². The molecule has 1 aliphatic rings. The summed E-state index contributed by atoms with van der Waals surface area (Å²) in [5, 5.41) is 0. The van der Waals surface area contributed by atoms with Gasteiger partial charge in [0, 0.05) is 12.8 Å². The Labute approximate surface area is 93.4 Å². The van der Waals surface area contributed by atoms with Crippen LogP contribution in [-0.2, 0) is 9.53 Å². The second kappa shape index (κ2) is 4.40. The van der Waals surface area contributed by atoms with E-state index in [0.29, 0.717) is 6.42 Å². The third-order valence-electron chi connectivity index (χ3n) is 2.46. The summed E-state index contributed by atoms with van der Waals surface area (Å²) in [5.74, 6) is 3.15. The molecule has 0 aromatic heterocycles. The number of ether oxygens (including phenoxy) is 1. The quantitative estimate of drug-likeness (QED) is 0.409. The molecule has 1 aliphatic heterocycles. The lowest BCUT2D eigenvalue weighted by molar-refractivity contribution is -0.147. The maximum atomic E-state index is 11.0. The summed E-state index contributed by atoms with van der Waals surface area (Å²) in [6.07, 6.45) is 3.13. The minimum Gasteiger partial charge on any atom is -0.459 e. The van der Waals surface area contributed by atoms with Gasteiger partial charge in [-0.15, -0.1) is 11.5 Å². The number of cyclic esters (lactones) is 1. The Bertz CT molecular complexity index is 306. The highest BCUT2D eigenvalue weighted by atomic mass is 28.3. The van der Waals surface area contributed by atoms with Crippen LogP contribution < -0.4 is 0 Å². The molecule has 0 bridgehead atoms. The lowest BCUT2D eigenvalue weighted by Crippen LogP contribution is -2.23. The smallest absolute Gasteiger partial charge is 0.306 e. The average molecular weight is 224 g/mol. The molecular weight excluding hydrogens is 204 g/mol. The van der Waals surface area contributed by atoms with Crippen molar-refractivity contribution in [3.63, 3.8) is 0 Å². The largest absolute Gasteiger partial charge is 0.459 e. The molecule has 84 valence electrons. The van der Waals surface area contributed by atoms with Crippen LogP contribution in [0.1, 0.15) is 32.6 Å². The summed E-state index contributed by atoms with van der Waals surface area (Å²) in [7, 11) is -1.24. The third-order valence-corrected chi connectivity index (χ3v) is 3.39. The van der Waals surface area contributed by atoms with Gasteiger partial charge in [0.2, 0.25) is 0 Å². The molecule has 0 aromatic carbocycles. The maximum Gasteiger partial charge on any atom is 0.306 e. The van der Waals surface area contributed by atoms with Crippen molar-refractivity contribution in [1.82, 2.24) is 0 Å². The van der Waals surface area contributed by atoms with Gasteiger partial charge in [-0.1, -0.05) is 19.6 Å². The SMILES string of the molecule is CC1(CCC#C[Si](C)(C)C)CCC(=O)O1. The van der Waals surface area contributed by atoms with E-state index in [1.165, 1.54) is 0 Å². The first kappa shape index (κ1) is 12.3. The van der Waals surface area contributed by atoms with Gasteiger partial charge in [0.1, 0.15) is 13.7 Å². The highest BCUT2D eigenvalue weighted by Crippen LogP contribution is 2.30. The van der Waals surface area contributed by atoms with Crippen LogP contribution in [0.3, 0.4) is 0 Å². The van der Waals surface area contributed by atoms with Gasteiger partial charge in [-0.05, 0) is 19.8 Å². The van der Waals surface area contributed by atoms with Gasteiger partial charge >= 0.3 is 5.97 Å². The molecule has 0 radical (unpaired) electrons. The fraction of sp³-hybridized carbons (Fsp3) is 0.750. The fourth-order valence-corrected chi connectivity index (χ4v) is 2.23. The van der Waals surface area contributed by atoms with E-state index >= 15 is 0 Å². The first-order valence-electron chi connectivity index (χ1n) is 5.53. The summed E-state index contributed by atoms with van der Waals surface area (Å²) in [5.41, 5.74) is 3.08. The van der Waals surface area contributed by atoms with Crippen LogP contribution in [0.5, 0.6) is 0 Å². The number of carbonyl (C=O) groups excluding carboxylic acids is 1. The van der Waals surface area contributed by atoms with Crippen molar-refractivity contribution in [2.75, 3.05) is 0 Å². The molecule has 0 N–H and O–H groups in total. The van der Waals surface area contributed by atoms with Crippen molar-refractivity contribution in [3.8, 4) is 11.5 Å². The van der Waals surface area contributed by atoms with Crippen molar-refractivity contribution in [3.05, 3.63) is 0 Å². The normalized spacial score (nSPS) is 25.7. The molecule has 1 heterocycles. The molecular formula is C12H20O2Si. The average Bonchev–Trinajstić information content (AvgIpc) is 2.40. The molecule has 1 atom stereocenters. The lowest BCUT2D eigenvalue weighted by atomic mass is 9.97. The highest BCUT2D eigenvalue weighted by molar-refractivity contribution is 6.83. The summed E-state index contributed by atoms with van der Waals surface area (Å²) >= 11 is 0. The number of esters is 1. The monoisotopic (exact) mass is 224 g/mol. The zero-order valence-electron chi connectivity index (χ0n) is 10.1. The van der Waals surface area contributed by atoms with Gasteiger partial charge < -0.3 is 4.74 Å². The van der Waals surface area contributed by atoms with Gasteiger partial charge in [-0.25, -0.2) is 0 Å². The molecule has 1 fully saturated rings. The van der Waals surface area contributed by atoms with Gasteiger partial charge in [0.05, 0.1) is 0 Å². The Balaban J connectivity index is 2.37. The van der Waals surface area contributed by atoms with E-state index in [4.69, 9.17) is 4.74 Å². The molecule has 0 aromatic rings. The first-order chi connectivity index (χ1) is 6.81. The molecule has 0 aliphatic carbocycles. The zero-order valence-corrected chi connectivity index (χ0v) is 11.1. The van der Waals surface area contributed by atoms with Crippen molar-refractivity contribution < 1.29 is 9.53 Å². The zero-order chi connectivity index (χ0) is 11.5. The first-order valence-corrected chi connectivity index (χ1v) is 9.03. The number of carbonyl (C=O) groups is 1. The summed E-state index contributed by atoms with van der Waals surface area (Å²) < 4.78 is 5.29. The van der Waals surface area contributed by atoms with E-state index in [-0.39, 0.29) is 11.6 Å². The molecule has 0 spiro atoms. The molecule has 0 amide bonds. The summed E-state index contributed by atoms with van der Waals surface area (Å²) in [6.45, 7) is 8.71. The van der Waals surface area contributed by atoms with Crippen LogP contribution in [0.25, 0.3) is 0 Å². The van der Waals surface area contributed by atoms with Crippen molar-refractivity contribution in [2.45, 2.75) is 57.8 Å². The predicted molar refractivity (Wildman–Crippen MR) is 64.1 cm³/mol. The van der Waals surface area contributed by atoms with Crippen LogP contribution in [-0.4, -0.2) is 19.6 Å². The van der Waals surface area contributed by atoms with Crippen molar-refractivity contribution in [2.24, 2.45) is 0 Å². The second-order valence-electron chi connectivity index (χ2n) is 5.48. The maximum absolute atomic E-state index is 11.0. The van der Waals surface area contributed by atoms with E-state index in [1.54, 1.807) is 0 Å². The number of hydrogen-bond donors (Lipinski definition) is 0. The minimum absolute atomic E-state index is 0.0596. The summed E-state index contributed by atoms with van der Waals surface area (Å²) in [4.78, 5) is 11.0. The molecule has 1 rings (SSSR count). The van der Waals surface area contributed by atoms with E-state index < -0.39 is 8.07 Å². The van der Waals surface area contributed by atoms with E-state index in [0.717, 1.165) is 19.3 Å². The second-order valence-corrected chi connectivity index (χ2v) is 10.2. The Kier molecular flexibility index (Phi) is 3.61. The molecule has 2 nitrogen and oxygen atoms in total. The molecule has 1 saturated heterocycles. The van der Waals surface area contributed by atoms with Gasteiger partial charge in [0.15, 0.2) is 0 Å². The van der Waals surface area contributed by atoms with Crippen molar-refractivity contribution >= 4 is 14.0 Å². The standard InChI is InChI=1S/C12H20O2Si/c1-12(9-7-11(13)14-12)8-5-6-10-15(2,3)4/h5,7-9H2,1-4H3. The van der Waals surface area contributed by atoms with Crippen LogP contribution >= 0.6 is 0 Å². The Hall–Kier alpha value is -0.753. The topological polar surface area (TPSA) is 26.3 Å². The number of rotatable bonds is 2. The highest BCUT2D eigenvalue weighted by Gasteiger charge is 2.34. The number of hydrogen-bond acceptors (Lipinski definition) is 2.